The second kappa shape index (κ2) is 7.51. The zero-order valence-corrected chi connectivity index (χ0v) is 13.2. The van der Waals surface area contributed by atoms with Crippen LogP contribution in [0.25, 0.3) is 10.4 Å². The van der Waals surface area contributed by atoms with Crippen molar-refractivity contribution in [1.29, 1.82) is 0 Å². The molecule has 2 amide bonds. The normalized spacial score (nSPS) is 16.9. The molecule has 1 aliphatic heterocycles. The summed E-state index contributed by atoms with van der Waals surface area (Å²) in [5.41, 5.74) is 9.57. The van der Waals surface area contributed by atoms with Crippen LogP contribution in [-0.2, 0) is 9.59 Å². The van der Waals surface area contributed by atoms with Crippen LogP contribution in [0.3, 0.4) is 0 Å². The molecule has 8 heteroatoms. The van der Waals surface area contributed by atoms with E-state index in [2.05, 4.69) is 15.3 Å². The average Bonchev–Trinajstić information content (AvgIpc) is 2.93. The van der Waals surface area contributed by atoms with Crippen LogP contribution < -0.4 is 15.0 Å². The molecule has 1 aromatic carbocycles. The minimum absolute atomic E-state index is 0.0284. The van der Waals surface area contributed by atoms with Crippen molar-refractivity contribution < 1.29 is 14.3 Å². The zero-order valence-electron chi connectivity index (χ0n) is 13.2. The molecule has 1 unspecified atom stereocenters. The zero-order chi connectivity index (χ0) is 16.8. The fourth-order valence-electron chi connectivity index (χ4n) is 2.49. The second-order valence-corrected chi connectivity index (χ2v) is 5.27. The summed E-state index contributed by atoms with van der Waals surface area (Å²) in [6.07, 6.45) is 0.663. The van der Waals surface area contributed by atoms with E-state index in [0.717, 1.165) is 0 Å². The molecule has 0 saturated carbocycles. The van der Waals surface area contributed by atoms with Gasteiger partial charge in [-0.1, -0.05) is 12.0 Å². The highest BCUT2D eigenvalue weighted by Gasteiger charge is 2.31. The fourth-order valence-corrected chi connectivity index (χ4v) is 2.49. The molecular formula is C15H19N5O3. The number of carbonyl (C=O) groups excluding carboxylic acids is 2. The number of hydrogen-bond donors (Lipinski definition) is 1. The first-order chi connectivity index (χ1) is 11.1. The van der Waals surface area contributed by atoms with Crippen LogP contribution in [0.2, 0.25) is 0 Å². The third-order valence-corrected chi connectivity index (χ3v) is 3.70. The largest absolute Gasteiger partial charge is 0.497 e. The first-order valence-corrected chi connectivity index (χ1v) is 7.38. The molecule has 2 rings (SSSR count). The van der Waals surface area contributed by atoms with Gasteiger partial charge in [-0.3, -0.25) is 9.59 Å². The summed E-state index contributed by atoms with van der Waals surface area (Å²) >= 11 is 0. The van der Waals surface area contributed by atoms with E-state index in [0.29, 0.717) is 36.5 Å². The highest BCUT2D eigenvalue weighted by Crippen LogP contribution is 2.34. The maximum atomic E-state index is 12.3. The summed E-state index contributed by atoms with van der Waals surface area (Å²) in [6.45, 7) is 2.48. The Morgan fingerprint density at radius 3 is 3.00 bits per heavy atom. The molecule has 122 valence electrons. The third-order valence-electron chi connectivity index (χ3n) is 3.70. The number of nitrogens with zero attached hydrogens (tertiary/aromatic N) is 4. The molecule has 8 nitrogen and oxygen atoms in total. The Labute approximate surface area is 134 Å². The molecular weight excluding hydrogens is 298 g/mol. The number of azide groups is 1. The number of amides is 2. The van der Waals surface area contributed by atoms with Crippen molar-refractivity contribution in [3.8, 4) is 5.75 Å². The van der Waals surface area contributed by atoms with Gasteiger partial charge in [0.1, 0.15) is 5.75 Å². The number of nitrogens with one attached hydrogen (secondary N) is 1. The molecule has 1 atom stereocenters. The first kappa shape index (κ1) is 16.6. The summed E-state index contributed by atoms with van der Waals surface area (Å²) in [4.78, 5) is 28.3. The van der Waals surface area contributed by atoms with Gasteiger partial charge in [-0.15, -0.1) is 0 Å². The Kier molecular flexibility index (Phi) is 5.43. The number of ether oxygens (including phenoxy) is 1. The SMILES string of the molecule is CCC(=O)Nc1ccc(OC)cc1N1CC(CN=[N+]=[N-])CC1=O. The van der Waals surface area contributed by atoms with Crippen molar-refractivity contribution in [3.63, 3.8) is 0 Å². The van der Waals surface area contributed by atoms with Crippen molar-refractivity contribution in [1.82, 2.24) is 0 Å². The minimum atomic E-state index is -0.131. The van der Waals surface area contributed by atoms with Gasteiger partial charge < -0.3 is 15.0 Å². The standard InChI is InChI=1S/C15H19N5O3/c1-3-14(21)18-12-5-4-11(23-2)7-13(12)20-9-10(6-15(20)22)8-17-19-16/h4-5,7,10H,3,6,8-9H2,1-2H3,(H,18,21). The highest BCUT2D eigenvalue weighted by atomic mass is 16.5. The Bertz CT molecular complexity index is 655. The van der Waals surface area contributed by atoms with Crippen LogP contribution in [0.4, 0.5) is 11.4 Å². The summed E-state index contributed by atoms with van der Waals surface area (Å²) in [7, 11) is 1.54. The van der Waals surface area contributed by atoms with Gasteiger partial charge in [0.2, 0.25) is 11.8 Å². The van der Waals surface area contributed by atoms with Crippen LogP contribution in [0, 0.1) is 5.92 Å². The van der Waals surface area contributed by atoms with Gasteiger partial charge in [-0.05, 0) is 23.6 Å². The van der Waals surface area contributed by atoms with Crippen molar-refractivity contribution >= 4 is 23.2 Å². The average molecular weight is 317 g/mol. The van der Waals surface area contributed by atoms with Crippen LogP contribution in [0.15, 0.2) is 23.3 Å². The molecule has 0 aliphatic carbocycles. The monoisotopic (exact) mass is 317 g/mol. The number of anilines is 2. The predicted molar refractivity (Wildman–Crippen MR) is 86.4 cm³/mol. The van der Waals surface area contributed by atoms with Crippen molar-refractivity contribution in [3.05, 3.63) is 28.6 Å². The van der Waals surface area contributed by atoms with Gasteiger partial charge in [0.05, 0.1) is 18.5 Å². The molecule has 0 spiro atoms. The topological polar surface area (TPSA) is 107 Å². The van der Waals surface area contributed by atoms with Crippen LogP contribution in [-0.4, -0.2) is 32.0 Å². The molecule has 0 aromatic heterocycles. The number of methoxy groups -OCH3 is 1. The maximum absolute atomic E-state index is 12.3. The Morgan fingerprint density at radius 2 is 2.35 bits per heavy atom. The highest BCUT2D eigenvalue weighted by molar-refractivity contribution is 6.02. The molecule has 23 heavy (non-hydrogen) atoms. The Balaban J connectivity index is 2.30. The maximum Gasteiger partial charge on any atom is 0.227 e. The van der Waals surface area contributed by atoms with Gasteiger partial charge in [-0.2, -0.15) is 0 Å². The lowest BCUT2D eigenvalue weighted by Crippen LogP contribution is -2.26. The molecule has 1 aliphatic rings. The summed E-state index contributed by atoms with van der Waals surface area (Å²) in [6, 6.07) is 5.17. The lowest BCUT2D eigenvalue weighted by Gasteiger charge is -2.21. The van der Waals surface area contributed by atoms with E-state index in [1.54, 1.807) is 37.1 Å². The molecule has 0 radical (unpaired) electrons. The van der Waals surface area contributed by atoms with Gasteiger partial charge in [0.15, 0.2) is 0 Å². The molecule has 1 saturated heterocycles. The summed E-state index contributed by atoms with van der Waals surface area (Å²) < 4.78 is 5.21. The molecule has 1 fully saturated rings. The molecule has 1 aromatic rings. The fraction of sp³-hybridized carbons (Fsp3) is 0.467. The Hall–Kier alpha value is -2.73. The van der Waals surface area contributed by atoms with Crippen LogP contribution in [0.1, 0.15) is 19.8 Å². The quantitative estimate of drug-likeness (QED) is 0.495. The lowest BCUT2D eigenvalue weighted by atomic mass is 10.1. The first-order valence-electron chi connectivity index (χ1n) is 7.38. The molecule has 1 N–H and O–H groups in total. The molecule has 1 heterocycles. The predicted octanol–water partition coefficient (Wildman–Crippen LogP) is 2.71. The van der Waals surface area contributed by atoms with E-state index in [4.69, 9.17) is 10.3 Å². The molecule has 0 bridgehead atoms. The van der Waals surface area contributed by atoms with E-state index in [1.165, 1.54) is 0 Å². The number of hydrogen-bond acceptors (Lipinski definition) is 4. The second-order valence-electron chi connectivity index (χ2n) is 5.27. The number of rotatable bonds is 6. The summed E-state index contributed by atoms with van der Waals surface area (Å²) in [5, 5.41) is 6.34. The van der Waals surface area contributed by atoms with Gasteiger partial charge in [0, 0.05) is 36.9 Å². The van der Waals surface area contributed by atoms with Gasteiger partial charge >= 0.3 is 0 Å². The van der Waals surface area contributed by atoms with Crippen molar-refractivity contribution in [2.45, 2.75) is 19.8 Å². The lowest BCUT2D eigenvalue weighted by molar-refractivity contribution is -0.117. The van der Waals surface area contributed by atoms with Gasteiger partial charge in [-0.25, -0.2) is 0 Å². The van der Waals surface area contributed by atoms with Crippen molar-refractivity contribution in [2.24, 2.45) is 11.0 Å². The van der Waals surface area contributed by atoms with Crippen molar-refractivity contribution in [2.75, 3.05) is 30.4 Å². The van der Waals surface area contributed by atoms with Crippen LogP contribution in [0.5, 0.6) is 5.75 Å². The summed E-state index contributed by atoms with van der Waals surface area (Å²) in [5.74, 6) is 0.372. The van der Waals surface area contributed by atoms with E-state index in [9.17, 15) is 9.59 Å². The smallest absolute Gasteiger partial charge is 0.227 e. The van der Waals surface area contributed by atoms with Crippen LogP contribution >= 0.6 is 0 Å². The minimum Gasteiger partial charge on any atom is -0.497 e. The van der Waals surface area contributed by atoms with E-state index >= 15 is 0 Å². The van der Waals surface area contributed by atoms with E-state index < -0.39 is 0 Å². The number of benzene rings is 1. The van der Waals surface area contributed by atoms with Gasteiger partial charge in [0.25, 0.3) is 0 Å². The Morgan fingerprint density at radius 1 is 1.57 bits per heavy atom. The van der Waals surface area contributed by atoms with E-state index in [1.807, 2.05) is 0 Å². The number of carbonyl (C=O) groups is 2. The third kappa shape index (κ3) is 3.92. The van der Waals surface area contributed by atoms with E-state index in [-0.39, 0.29) is 24.3 Å².